The maximum Gasteiger partial charge on any atom is 0.315 e. The minimum Gasteiger partial charge on any atom is -0.337 e. The molecule has 112 valence electrons. The maximum atomic E-state index is 11.9. The molecule has 2 amide bonds. The summed E-state index contributed by atoms with van der Waals surface area (Å²) < 4.78 is 1.80. The average molecular weight is 280 g/mol. The SMILES string of the molecule is C[C@H](CNC(=O)N[C@H](C)c1nncn1C)N1CCCC1. The summed E-state index contributed by atoms with van der Waals surface area (Å²) in [6, 6.07) is 0.0597. The Balaban J connectivity index is 1.73. The Morgan fingerprint density at radius 1 is 1.40 bits per heavy atom. The van der Waals surface area contributed by atoms with Gasteiger partial charge in [0.25, 0.3) is 0 Å². The number of nitrogens with one attached hydrogen (secondary N) is 2. The fourth-order valence-corrected chi connectivity index (χ4v) is 2.55. The van der Waals surface area contributed by atoms with Gasteiger partial charge in [0.05, 0.1) is 6.04 Å². The molecule has 0 spiro atoms. The van der Waals surface area contributed by atoms with Gasteiger partial charge in [-0.15, -0.1) is 10.2 Å². The van der Waals surface area contributed by atoms with Crippen molar-refractivity contribution in [1.29, 1.82) is 0 Å². The molecular weight excluding hydrogens is 256 g/mol. The molecule has 0 unspecified atom stereocenters. The van der Waals surface area contributed by atoms with E-state index in [0.29, 0.717) is 12.6 Å². The van der Waals surface area contributed by atoms with Crippen molar-refractivity contribution in [2.45, 2.75) is 38.8 Å². The smallest absolute Gasteiger partial charge is 0.315 e. The minimum absolute atomic E-state index is 0.161. The van der Waals surface area contributed by atoms with Crippen molar-refractivity contribution < 1.29 is 4.79 Å². The van der Waals surface area contributed by atoms with Gasteiger partial charge in [-0.2, -0.15) is 0 Å². The molecule has 2 atom stereocenters. The maximum absolute atomic E-state index is 11.9. The summed E-state index contributed by atoms with van der Waals surface area (Å²) in [5.41, 5.74) is 0. The molecule has 2 heterocycles. The summed E-state index contributed by atoms with van der Waals surface area (Å²) in [4.78, 5) is 14.3. The van der Waals surface area contributed by atoms with Crippen molar-refractivity contribution >= 4 is 6.03 Å². The first-order chi connectivity index (χ1) is 9.58. The van der Waals surface area contributed by atoms with Gasteiger partial charge in [-0.1, -0.05) is 0 Å². The summed E-state index contributed by atoms with van der Waals surface area (Å²) in [5.74, 6) is 0.743. The topological polar surface area (TPSA) is 75.1 Å². The van der Waals surface area contributed by atoms with Crippen LogP contribution in [0.3, 0.4) is 0 Å². The second-order valence-corrected chi connectivity index (χ2v) is 5.47. The number of hydrogen-bond acceptors (Lipinski definition) is 4. The highest BCUT2D eigenvalue weighted by Crippen LogP contribution is 2.11. The highest BCUT2D eigenvalue weighted by Gasteiger charge is 2.19. The number of aromatic nitrogens is 3. The van der Waals surface area contributed by atoms with Gasteiger partial charge in [-0.05, 0) is 39.8 Å². The molecule has 1 aliphatic heterocycles. The normalized spacial score (nSPS) is 18.8. The predicted octanol–water partition coefficient (Wildman–Crippen LogP) is 0.660. The highest BCUT2D eigenvalue weighted by atomic mass is 16.2. The standard InChI is InChI=1S/C13H24N6O/c1-10(19-6-4-5-7-19)8-14-13(20)16-11(2)12-17-15-9-18(12)3/h9-11H,4-8H2,1-3H3,(H2,14,16,20)/t10-,11-/m1/s1. The Bertz CT molecular complexity index is 440. The van der Waals surface area contributed by atoms with E-state index in [1.807, 2.05) is 14.0 Å². The van der Waals surface area contributed by atoms with E-state index in [9.17, 15) is 4.79 Å². The Morgan fingerprint density at radius 2 is 2.10 bits per heavy atom. The van der Waals surface area contributed by atoms with E-state index >= 15 is 0 Å². The summed E-state index contributed by atoms with van der Waals surface area (Å²) in [6.07, 6.45) is 4.15. The number of amides is 2. The van der Waals surface area contributed by atoms with Gasteiger partial charge in [-0.25, -0.2) is 4.79 Å². The highest BCUT2D eigenvalue weighted by molar-refractivity contribution is 5.74. The van der Waals surface area contributed by atoms with Crippen LogP contribution in [0, 0.1) is 0 Å². The summed E-state index contributed by atoms with van der Waals surface area (Å²) in [5, 5.41) is 13.6. The summed E-state index contributed by atoms with van der Waals surface area (Å²) >= 11 is 0. The number of hydrogen-bond donors (Lipinski definition) is 2. The number of rotatable bonds is 5. The van der Waals surface area contributed by atoms with E-state index < -0.39 is 0 Å². The first-order valence-electron chi connectivity index (χ1n) is 7.20. The van der Waals surface area contributed by atoms with E-state index in [1.165, 1.54) is 12.8 Å². The third kappa shape index (κ3) is 3.69. The lowest BCUT2D eigenvalue weighted by Crippen LogP contribution is -2.45. The number of nitrogens with zero attached hydrogens (tertiary/aromatic N) is 4. The van der Waals surface area contributed by atoms with Crippen molar-refractivity contribution in [1.82, 2.24) is 30.3 Å². The molecule has 7 heteroatoms. The number of urea groups is 1. The molecule has 0 aliphatic carbocycles. The van der Waals surface area contributed by atoms with Gasteiger partial charge < -0.3 is 15.2 Å². The van der Waals surface area contributed by atoms with E-state index in [2.05, 4.69) is 32.7 Å². The third-order valence-corrected chi connectivity index (χ3v) is 3.80. The number of carbonyl (C=O) groups excluding carboxylic acids is 1. The fraction of sp³-hybridized carbons (Fsp3) is 0.769. The second kappa shape index (κ2) is 6.69. The Labute approximate surface area is 119 Å². The van der Waals surface area contributed by atoms with Crippen molar-refractivity contribution in [3.63, 3.8) is 0 Å². The molecular formula is C13H24N6O. The van der Waals surface area contributed by atoms with Crippen LogP contribution in [0.1, 0.15) is 38.6 Å². The van der Waals surface area contributed by atoms with E-state index in [0.717, 1.165) is 18.9 Å². The zero-order chi connectivity index (χ0) is 14.5. The zero-order valence-corrected chi connectivity index (χ0v) is 12.5. The summed E-state index contributed by atoms with van der Waals surface area (Å²) in [6.45, 7) is 6.99. The Hall–Kier alpha value is -1.63. The van der Waals surface area contributed by atoms with Gasteiger partial charge >= 0.3 is 6.03 Å². The van der Waals surface area contributed by atoms with Crippen LogP contribution in [0.4, 0.5) is 4.79 Å². The molecule has 1 fully saturated rings. The second-order valence-electron chi connectivity index (χ2n) is 5.47. The number of likely N-dealkylation sites (tertiary alicyclic amines) is 1. The van der Waals surface area contributed by atoms with Gasteiger partial charge in [0.15, 0.2) is 5.82 Å². The molecule has 2 rings (SSSR count). The largest absolute Gasteiger partial charge is 0.337 e. The molecule has 0 radical (unpaired) electrons. The molecule has 0 saturated carbocycles. The van der Waals surface area contributed by atoms with Crippen LogP contribution in [0.25, 0.3) is 0 Å². The van der Waals surface area contributed by atoms with Crippen molar-refractivity contribution in [2.24, 2.45) is 7.05 Å². The van der Waals surface area contributed by atoms with Crippen LogP contribution >= 0.6 is 0 Å². The molecule has 1 aromatic heterocycles. The quantitative estimate of drug-likeness (QED) is 0.831. The fourth-order valence-electron chi connectivity index (χ4n) is 2.55. The molecule has 1 saturated heterocycles. The summed E-state index contributed by atoms with van der Waals surface area (Å²) in [7, 11) is 1.86. The van der Waals surface area contributed by atoms with Gasteiger partial charge in [0.1, 0.15) is 6.33 Å². The van der Waals surface area contributed by atoms with E-state index in [1.54, 1.807) is 10.9 Å². The lowest BCUT2D eigenvalue weighted by Gasteiger charge is -2.24. The number of carbonyl (C=O) groups is 1. The first kappa shape index (κ1) is 14.8. The van der Waals surface area contributed by atoms with Gasteiger partial charge in [0, 0.05) is 19.6 Å². The lowest BCUT2D eigenvalue weighted by molar-refractivity contribution is 0.223. The Kier molecular flexibility index (Phi) is 4.94. The van der Waals surface area contributed by atoms with Crippen LogP contribution in [-0.2, 0) is 7.05 Å². The molecule has 20 heavy (non-hydrogen) atoms. The van der Waals surface area contributed by atoms with Gasteiger partial charge in [0.2, 0.25) is 0 Å². The van der Waals surface area contributed by atoms with Crippen LogP contribution in [-0.4, -0.2) is 51.4 Å². The molecule has 0 bridgehead atoms. The van der Waals surface area contributed by atoms with Crippen molar-refractivity contribution in [2.75, 3.05) is 19.6 Å². The average Bonchev–Trinajstić information content (AvgIpc) is 3.06. The van der Waals surface area contributed by atoms with Crippen LogP contribution in [0.5, 0.6) is 0 Å². The molecule has 1 aliphatic rings. The van der Waals surface area contributed by atoms with Crippen LogP contribution in [0.15, 0.2) is 6.33 Å². The molecule has 1 aromatic rings. The number of aryl methyl sites for hydroxylation is 1. The third-order valence-electron chi connectivity index (χ3n) is 3.80. The molecule has 0 aromatic carbocycles. The van der Waals surface area contributed by atoms with E-state index in [4.69, 9.17) is 0 Å². The predicted molar refractivity (Wildman–Crippen MR) is 76.2 cm³/mol. The lowest BCUT2D eigenvalue weighted by atomic mass is 10.3. The van der Waals surface area contributed by atoms with Crippen molar-refractivity contribution in [3.8, 4) is 0 Å². The molecule has 2 N–H and O–H groups in total. The molecule has 7 nitrogen and oxygen atoms in total. The Morgan fingerprint density at radius 3 is 2.70 bits per heavy atom. The zero-order valence-electron chi connectivity index (χ0n) is 12.5. The van der Waals surface area contributed by atoms with Gasteiger partial charge in [-0.3, -0.25) is 4.90 Å². The van der Waals surface area contributed by atoms with Crippen molar-refractivity contribution in [3.05, 3.63) is 12.2 Å². The van der Waals surface area contributed by atoms with Crippen LogP contribution in [0.2, 0.25) is 0 Å². The van der Waals surface area contributed by atoms with E-state index in [-0.39, 0.29) is 12.1 Å². The first-order valence-corrected chi connectivity index (χ1v) is 7.20. The monoisotopic (exact) mass is 280 g/mol. The van der Waals surface area contributed by atoms with Crippen LogP contribution < -0.4 is 10.6 Å². The minimum atomic E-state index is -0.162.